The van der Waals surface area contributed by atoms with Crippen molar-refractivity contribution in [2.75, 3.05) is 24.7 Å². The zero-order chi connectivity index (χ0) is 13.0. The highest BCUT2D eigenvalue weighted by Crippen LogP contribution is 2.30. The van der Waals surface area contributed by atoms with Crippen molar-refractivity contribution in [1.82, 2.24) is 0 Å². The number of nitrogens with two attached hydrogens (primary N) is 1. The van der Waals surface area contributed by atoms with Gasteiger partial charge in [-0.1, -0.05) is 25.3 Å². The number of nitrogen functional groups attached to an aromatic ring is 1. The van der Waals surface area contributed by atoms with E-state index < -0.39 is 5.97 Å². The molecule has 0 radical (unpaired) electrons. The predicted molar refractivity (Wildman–Crippen MR) is 72.6 cm³/mol. The summed E-state index contributed by atoms with van der Waals surface area (Å²) in [5.41, 5.74) is 7.67. The second kappa shape index (κ2) is 5.76. The van der Waals surface area contributed by atoms with Gasteiger partial charge in [-0.15, -0.1) is 0 Å². The van der Waals surface area contributed by atoms with Crippen LogP contribution in [0.2, 0.25) is 0 Å². The van der Waals surface area contributed by atoms with Crippen LogP contribution < -0.4 is 11.1 Å². The number of ether oxygens (including phenoxy) is 1. The third kappa shape index (κ3) is 2.75. The van der Waals surface area contributed by atoms with E-state index >= 15 is 0 Å². The summed E-state index contributed by atoms with van der Waals surface area (Å²) in [7, 11) is 1.36. The van der Waals surface area contributed by atoms with Crippen LogP contribution in [0.25, 0.3) is 0 Å². The Bertz CT molecular complexity index is 428. The lowest BCUT2D eigenvalue weighted by Crippen LogP contribution is -2.16. The van der Waals surface area contributed by atoms with Gasteiger partial charge in [-0.3, -0.25) is 0 Å². The van der Waals surface area contributed by atoms with Crippen molar-refractivity contribution < 1.29 is 9.53 Å². The minimum Gasteiger partial charge on any atom is -0.465 e. The summed E-state index contributed by atoms with van der Waals surface area (Å²) in [4.78, 5) is 11.5. The Morgan fingerprint density at radius 1 is 1.50 bits per heavy atom. The number of methoxy groups -OCH3 is 1. The van der Waals surface area contributed by atoms with Crippen LogP contribution in [0, 0.1) is 5.92 Å². The molecule has 2 rings (SSSR count). The van der Waals surface area contributed by atoms with E-state index in [1.165, 1.54) is 32.8 Å². The molecular formula is C14H20N2O2. The first-order valence-corrected chi connectivity index (χ1v) is 6.43. The number of rotatable bonds is 5. The molecule has 4 nitrogen and oxygen atoms in total. The molecule has 1 aromatic carbocycles. The number of carbonyl (C=O) groups excluding carboxylic acids is 1. The summed E-state index contributed by atoms with van der Waals surface area (Å²) < 4.78 is 4.69. The Kier molecular flexibility index (Phi) is 4.07. The molecule has 1 saturated carbocycles. The number of anilines is 2. The maximum Gasteiger partial charge on any atom is 0.340 e. The first kappa shape index (κ1) is 12.7. The largest absolute Gasteiger partial charge is 0.465 e. The van der Waals surface area contributed by atoms with Crippen molar-refractivity contribution in [1.29, 1.82) is 0 Å². The summed E-state index contributed by atoms with van der Waals surface area (Å²) >= 11 is 0. The number of para-hydroxylation sites is 1. The smallest absolute Gasteiger partial charge is 0.340 e. The maximum atomic E-state index is 11.5. The monoisotopic (exact) mass is 248 g/mol. The molecule has 4 heteroatoms. The first-order valence-electron chi connectivity index (χ1n) is 6.43. The second-order valence-corrected chi connectivity index (χ2v) is 4.77. The van der Waals surface area contributed by atoms with Gasteiger partial charge in [0.1, 0.15) is 0 Å². The van der Waals surface area contributed by atoms with Gasteiger partial charge in [-0.2, -0.15) is 0 Å². The number of hydrogen-bond acceptors (Lipinski definition) is 4. The van der Waals surface area contributed by atoms with Crippen molar-refractivity contribution >= 4 is 17.3 Å². The molecule has 18 heavy (non-hydrogen) atoms. The van der Waals surface area contributed by atoms with Gasteiger partial charge >= 0.3 is 5.97 Å². The minimum absolute atomic E-state index is 0.393. The number of benzene rings is 1. The van der Waals surface area contributed by atoms with Gasteiger partial charge in [0.2, 0.25) is 0 Å². The molecule has 0 atom stereocenters. The highest BCUT2D eigenvalue weighted by Gasteiger charge is 2.17. The van der Waals surface area contributed by atoms with Crippen LogP contribution in [0.3, 0.4) is 0 Å². The number of esters is 1. The van der Waals surface area contributed by atoms with Gasteiger partial charge < -0.3 is 15.8 Å². The van der Waals surface area contributed by atoms with E-state index in [1.54, 1.807) is 6.07 Å². The van der Waals surface area contributed by atoms with E-state index in [-0.39, 0.29) is 0 Å². The zero-order valence-electron chi connectivity index (χ0n) is 10.7. The molecule has 0 aromatic heterocycles. The molecule has 0 amide bonds. The average Bonchev–Trinajstić information content (AvgIpc) is 2.33. The molecule has 3 N–H and O–H groups in total. The van der Waals surface area contributed by atoms with Gasteiger partial charge in [-0.25, -0.2) is 4.79 Å². The van der Waals surface area contributed by atoms with Gasteiger partial charge in [0.05, 0.1) is 24.0 Å². The van der Waals surface area contributed by atoms with Crippen LogP contribution in [0.4, 0.5) is 11.4 Å². The predicted octanol–water partition coefficient (Wildman–Crippen LogP) is 2.66. The van der Waals surface area contributed by atoms with E-state index in [4.69, 9.17) is 10.5 Å². The average molecular weight is 248 g/mol. The van der Waals surface area contributed by atoms with Crippen molar-refractivity contribution in [3.8, 4) is 0 Å². The molecule has 0 aliphatic heterocycles. The van der Waals surface area contributed by atoms with Crippen molar-refractivity contribution in [3.63, 3.8) is 0 Å². The summed E-state index contributed by atoms with van der Waals surface area (Å²) in [6, 6.07) is 5.38. The number of hydrogen-bond donors (Lipinski definition) is 2. The van der Waals surface area contributed by atoms with Crippen LogP contribution in [0.15, 0.2) is 18.2 Å². The van der Waals surface area contributed by atoms with Crippen LogP contribution in [-0.4, -0.2) is 19.6 Å². The zero-order valence-corrected chi connectivity index (χ0v) is 10.7. The SMILES string of the molecule is COC(=O)c1cccc(NCCC2CCC2)c1N. The van der Waals surface area contributed by atoms with E-state index in [1.807, 2.05) is 12.1 Å². The number of nitrogens with one attached hydrogen (secondary N) is 1. The fourth-order valence-corrected chi connectivity index (χ4v) is 2.20. The van der Waals surface area contributed by atoms with Gasteiger partial charge in [-0.05, 0) is 24.5 Å². The summed E-state index contributed by atoms with van der Waals surface area (Å²) in [6.07, 6.45) is 5.23. The highest BCUT2D eigenvalue weighted by molar-refractivity contribution is 5.98. The molecule has 0 unspecified atom stereocenters. The Balaban J connectivity index is 1.96. The van der Waals surface area contributed by atoms with E-state index in [0.29, 0.717) is 11.3 Å². The van der Waals surface area contributed by atoms with E-state index in [2.05, 4.69) is 5.32 Å². The summed E-state index contributed by atoms with van der Waals surface area (Å²) in [5, 5.41) is 3.30. The second-order valence-electron chi connectivity index (χ2n) is 4.77. The van der Waals surface area contributed by atoms with Crippen LogP contribution in [-0.2, 0) is 4.74 Å². The summed E-state index contributed by atoms with van der Waals surface area (Å²) in [5.74, 6) is 0.470. The molecule has 0 bridgehead atoms. The third-order valence-corrected chi connectivity index (χ3v) is 3.60. The first-order chi connectivity index (χ1) is 8.72. The van der Waals surface area contributed by atoms with E-state index in [9.17, 15) is 4.79 Å². The van der Waals surface area contributed by atoms with Crippen LogP contribution in [0.1, 0.15) is 36.0 Å². The number of carbonyl (C=O) groups is 1. The van der Waals surface area contributed by atoms with Crippen molar-refractivity contribution in [3.05, 3.63) is 23.8 Å². The Morgan fingerprint density at radius 3 is 2.89 bits per heavy atom. The lowest BCUT2D eigenvalue weighted by molar-refractivity contribution is 0.0602. The van der Waals surface area contributed by atoms with E-state index in [0.717, 1.165) is 18.2 Å². The Hall–Kier alpha value is -1.71. The van der Waals surface area contributed by atoms with Gasteiger partial charge in [0.25, 0.3) is 0 Å². The van der Waals surface area contributed by atoms with Crippen LogP contribution >= 0.6 is 0 Å². The third-order valence-electron chi connectivity index (χ3n) is 3.60. The molecule has 1 aromatic rings. The quantitative estimate of drug-likeness (QED) is 0.621. The Morgan fingerprint density at radius 2 is 2.28 bits per heavy atom. The van der Waals surface area contributed by atoms with Crippen molar-refractivity contribution in [2.24, 2.45) is 5.92 Å². The lowest BCUT2D eigenvalue weighted by atomic mass is 9.83. The standard InChI is InChI=1S/C14H20N2O2/c1-18-14(17)11-6-3-7-12(13(11)15)16-9-8-10-4-2-5-10/h3,6-7,10,16H,2,4-5,8-9,15H2,1H3. The normalized spacial score (nSPS) is 14.9. The minimum atomic E-state index is -0.393. The molecule has 0 heterocycles. The molecule has 0 saturated heterocycles. The molecule has 98 valence electrons. The molecule has 1 aliphatic rings. The summed E-state index contributed by atoms with van der Waals surface area (Å²) in [6.45, 7) is 0.902. The lowest BCUT2D eigenvalue weighted by Gasteiger charge is -2.25. The molecule has 0 spiro atoms. The maximum absolute atomic E-state index is 11.5. The van der Waals surface area contributed by atoms with Crippen molar-refractivity contribution in [2.45, 2.75) is 25.7 Å². The topological polar surface area (TPSA) is 64.3 Å². The highest BCUT2D eigenvalue weighted by atomic mass is 16.5. The fourth-order valence-electron chi connectivity index (χ4n) is 2.20. The van der Waals surface area contributed by atoms with Gasteiger partial charge in [0.15, 0.2) is 0 Å². The molecule has 1 fully saturated rings. The molecular weight excluding hydrogens is 228 g/mol. The van der Waals surface area contributed by atoms with Crippen LogP contribution in [0.5, 0.6) is 0 Å². The Labute approximate surface area is 108 Å². The fraction of sp³-hybridized carbons (Fsp3) is 0.500. The van der Waals surface area contributed by atoms with Gasteiger partial charge in [0, 0.05) is 6.54 Å². The molecule has 1 aliphatic carbocycles.